The van der Waals surface area contributed by atoms with Crippen LogP contribution in [0.2, 0.25) is 5.02 Å². The maximum absolute atomic E-state index is 13.8. The molecule has 2 atom stereocenters. The van der Waals surface area contributed by atoms with Gasteiger partial charge in [0.2, 0.25) is 0 Å². The summed E-state index contributed by atoms with van der Waals surface area (Å²) >= 11 is 5.72. The predicted octanol–water partition coefficient (Wildman–Crippen LogP) is 2.92. The Hall–Kier alpha value is -1.13. The molecule has 0 spiro atoms. The molecule has 0 aromatic heterocycles. The number of rotatable bonds is 4. The number of carbonyl (C=O) groups is 1. The molecule has 0 saturated carbocycles. The fourth-order valence-electron chi connectivity index (χ4n) is 1.47. The molecule has 0 amide bonds. The first-order valence-corrected chi connectivity index (χ1v) is 6.36. The Bertz CT molecular complexity index is 425. The van der Waals surface area contributed by atoms with E-state index in [2.05, 4.69) is 0 Å². The van der Waals surface area contributed by atoms with Gasteiger partial charge in [-0.05, 0) is 38.5 Å². The zero-order chi connectivity index (χ0) is 14.6. The van der Waals surface area contributed by atoms with Crippen molar-refractivity contribution in [3.63, 3.8) is 0 Å². The lowest BCUT2D eigenvalue weighted by Gasteiger charge is -2.23. The number of carbonyl (C=O) groups excluding carboxylic acids is 1. The lowest BCUT2D eigenvalue weighted by molar-refractivity contribution is -0.168. The molecule has 3 nitrogen and oxygen atoms in total. The highest BCUT2D eigenvalue weighted by Crippen LogP contribution is 2.16. The third-order valence-corrected chi connectivity index (χ3v) is 2.59. The van der Waals surface area contributed by atoms with Crippen LogP contribution in [0.3, 0.4) is 0 Å². The first-order valence-electron chi connectivity index (χ1n) is 5.98. The first kappa shape index (κ1) is 15.9. The van der Waals surface area contributed by atoms with Crippen molar-refractivity contribution in [1.29, 1.82) is 0 Å². The standard InChI is InChI=1S/C14H18ClFO3/c1-14(2,3)19-13(18)12(17)11(16)8-9-4-6-10(15)7-5-9/h4-7,11-12,17H,8H2,1-3H3/t11-,12+/m1/s1. The van der Waals surface area contributed by atoms with Crippen molar-refractivity contribution in [3.8, 4) is 0 Å². The van der Waals surface area contributed by atoms with Gasteiger partial charge in [-0.3, -0.25) is 0 Å². The molecule has 1 N–H and O–H groups in total. The van der Waals surface area contributed by atoms with E-state index in [1.165, 1.54) is 0 Å². The second-order valence-corrected chi connectivity index (χ2v) is 5.76. The summed E-state index contributed by atoms with van der Waals surface area (Å²) in [7, 11) is 0. The van der Waals surface area contributed by atoms with Gasteiger partial charge in [-0.25, -0.2) is 9.18 Å². The Morgan fingerprint density at radius 2 is 1.89 bits per heavy atom. The van der Waals surface area contributed by atoms with Crippen LogP contribution in [0.1, 0.15) is 26.3 Å². The lowest BCUT2D eigenvalue weighted by atomic mass is 10.0. The molecule has 106 valence electrons. The minimum absolute atomic E-state index is 0.0718. The molecular weight excluding hydrogens is 271 g/mol. The smallest absolute Gasteiger partial charge is 0.338 e. The summed E-state index contributed by atoms with van der Waals surface area (Å²) in [6.45, 7) is 4.97. The Balaban J connectivity index is 2.59. The van der Waals surface area contributed by atoms with Gasteiger partial charge in [0.1, 0.15) is 11.8 Å². The molecule has 0 unspecified atom stereocenters. The molecule has 1 rings (SSSR count). The number of ether oxygens (including phenoxy) is 1. The second-order valence-electron chi connectivity index (χ2n) is 5.32. The van der Waals surface area contributed by atoms with Crippen molar-refractivity contribution in [2.45, 2.75) is 45.1 Å². The molecular formula is C14H18ClFO3. The van der Waals surface area contributed by atoms with Gasteiger partial charge in [-0.1, -0.05) is 23.7 Å². The van der Waals surface area contributed by atoms with Crippen molar-refractivity contribution in [1.82, 2.24) is 0 Å². The fourth-order valence-corrected chi connectivity index (χ4v) is 1.59. The Kier molecular flexibility index (Phi) is 5.32. The average Bonchev–Trinajstić information content (AvgIpc) is 2.28. The third kappa shape index (κ3) is 5.57. The minimum atomic E-state index is -1.78. The van der Waals surface area contributed by atoms with Crippen molar-refractivity contribution in [2.24, 2.45) is 0 Å². The molecule has 5 heteroatoms. The maximum atomic E-state index is 13.8. The first-order chi connectivity index (χ1) is 8.69. The Morgan fingerprint density at radius 1 is 1.37 bits per heavy atom. The van der Waals surface area contributed by atoms with Crippen LogP contribution in [-0.4, -0.2) is 29.0 Å². The van der Waals surface area contributed by atoms with E-state index in [0.717, 1.165) is 0 Å². The van der Waals surface area contributed by atoms with Crippen LogP contribution in [0.25, 0.3) is 0 Å². The number of hydrogen-bond acceptors (Lipinski definition) is 3. The zero-order valence-corrected chi connectivity index (χ0v) is 11.9. The number of esters is 1. The summed E-state index contributed by atoms with van der Waals surface area (Å²) in [6.07, 6.45) is -3.57. The molecule has 19 heavy (non-hydrogen) atoms. The average molecular weight is 289 g/mol. The van der Waals surface area contributed by atoms with Gasteiger partial charge in [-0.2, -0.15) is 0 Å². The minimum Gasteiger partial charge on any atom is -0.458 e. The summed E-state index contributed by atoms with van der Waals surface area (Å²) in [5.74, 6) is -0.950. The van der Waals surface area contributed by atoms with Crippen LogP contribution < -0.4 is 0 Å². The SMILES string of the molecule is CC(C)(C)OC(=O)[C@@H](O)[C@H](F)Cc1ccc(Cl)cc1. The number of benzene rings is 1. The van der Waals surface area contributed by atoms with Crippen molar-refractivity contribution < 1.29 is 19.0 Å². The summed E-state index contributed by atoms with van der Waals surface area (Å²) in [5, 5.41) is 10.1. The Morgan fingerprint density at radius 3 is 2.37 bits per heavy atom. The highest BCUT2D eigenvalue weighted by molar-refractivity contribution is 6.30. The number of aliphatic hydroxyl groups excluding tert-OH is 1. The van der Waals surface area contributed by atoms with Gasteiger partial charge < -0.3 is 9.84 Å². The van der Waals surface area contributed by atoms with Gasteiger partial charge in [0, 0.05) is 11.4 Å². The van der Waals surface area contributed by atoms with E-state index in [4.69, 9.17) is 16.3 Å². The quantitative estimate of drug-likeness (QED) is 0.867. The van der Waals surface area contributed by atoms with Crippen molar-refractivity contribution >= 4 is 17.6 Å². The second kappa shape index (κ2) is 6.35. The van der Waals surface area contributed by atoms with E-state index in [9.17, 15) is 14.3 Å². The van der Waals surface area contributed by atoms with Crippen LogP contribution in [0.15, 0.2) is 24.3 Å². The molecule has 0 heterocycles. The van der Waals surface area contributed by atoms with Gasteiger partial charge in [0.05, 0.1) is 0 Å². The van der Waals surface area contributed by atoms with Crippen LogP contribution in [0.4, 0.5) is 4.39 Å². The van der Waals surface area contributed by atoms with Gasteiger partial charge >= 0.3 is 5.97 Å². The highest BCUT2D eigenvalue weighted by atomic mass is 35.5. The highest BCUT2D eigenvalue weighted by Gasteiger charge is 2.30. The lowest BCUT2D eigenvalue weighted by Crippen LogP contribution is -2.38. The largest absolute Gasteiger partial charge is 0.458 e. The molecule has 0 bridgehead atoms. The fraction of sp³-hybridized carbons (Fsp3) is 0.500. The summed E-state index contributed by atoms with van der Waals surface area (Å²) in [5.41, 5.74) is -0.0996. The molecule has 1 aromatic carbocycles. The van der Waals surface area contributed by atoms with E-state index in [0.29, 0.717) is 10.6 Å². The van der Waals surface area contributed by atoms with Crippen molar-refractivity contribution in [3.05, 3.63) is 34.9 Å². The van der Waals surface area contributed by atoms with E-state index in [1.54, 1.807) is 45.0 Å². The topological polar surface area (TPSA) is 46.5 Å². The van der Waals surface area contributed by atoms with Crippen LogP contribution in [-0.2, 0) is 16.0 Å². The number of halogens is 2. The van der Waals surface area contributed by atoms with E-state index in [-0.39, 0.29) is 6.42 Å². The number of aliphatic hydroxyl groups is 1. The van der Waals surface area contributed by atoms with Gasteiger partial charge in [0.15, 0.2) is 6.10 Å². The molecule has 0 saturated heterocycles. The van der Waals surface area contributed by atoms with Crippen LogP contribution in [0.5, 0.6) is 0 Å². The molecule has 0 aliphatic heterocycles. The number of hydrogen-bond donors (Lipinski definition) is 1. The predicted molar refractivity (Wildman–Crippen MR) is 71.9 cm³/mol. The van der Waals surface area contributed by atoms with Crippen LogP contribution >= 0.6 is 11.6 Å². The number of alkyl halides is 1. The summed E-state index contributed by atoms with van der Waals surface area (Å²) < 4.78 is 18.8. The Labute approximate surface area is 117 Å². The summed E-state index contributed by atoms with van der Waals surface area (Å²) in [6, 6.07) is 6.56. The maximum Gasteiger partial charge on any atom is 0.338 e. The van der Waals surface area contributed by atoms with Crippen molar-refractivity contribution in [2.75, 3.05) is 0 Å². The van der Waals surface area contributed by atoms with Gasteiger partial charge in [0.25, 0.3) is 0 Å². The van der Waals surface area contributed by atoms with E-state index in [1.807, 2.05) is 0 Å². The molecule has 0 fully saturated rings. The third-order valence-electron chi connectivity index (χ3n) is 2.33. The molecule has 1 aromatic rings. The van der Waals surface area contributed by atoms with E-state index >= 15 is 0 Å². The molecule has 0 radical (unpaired) electrons. The monoisotopic (exact) mass is 288 g/mol. The van der Waals surface area contributed by atoms with Crippen LogP contribution in [0, 0.1) is 0 Å². The summed E-state index contributed by atoms with van der Waals surface area (Å²) in [4.78, 5) is 11.5. The normalized spacial score (nSPS) is 14.8. The molecule has 0 aliphatic carbocycles. The van der Waals surface area contributed by atoms with E-state index < -0.39 is 23.8 Å². The van der Waals surface area contributed by atoms with Gasteiger partial charge in [-0.15, -0.1) is 0 Å². The zero-order valence-electron chi connectivity index (χ0n) is 11.2. The molecule has 0 aliphatic rings.